The van der Waals surface area contributed by atoms with Crippen molar-refractivity contribution in [2.24, 2.45) is 0 Å². The van der Waals surface area contributed by atoms with Gasteiger partial charge in [-0.2, -0.15) is 0 Å². The van der Waals surface area contributed by atoms with Crippen molar-refractivity contribution < 1.29 is 19.2 Å². The molecule has 0 aliphatic carbocycles. The number of imide groups is 1. The van der Waals surface area contributed by atoms with Gasteiger partial charge in [0.2, 0.25) is 5.01 Å². The fraction of sp³-hybridized carbons (Fsp3) is 0. The average Bonchev–Trinajstić information content (AvgIpc) is 3.11. The molecule has 1 aliphatic heterocycles. The number of amides is 2. The van der Waals surface area contributed by atoms with Crippen molar-refractivity contribution in [3.05, 3.63) is 58.7 Å². The highest BCUT2D eigenvalue weighted by atomic mass is 32.1. The molecule has 0 bridgehead atoms. The monoisotopic (exact) mass is 325 g/mol. The lowest BCUT2D eigenvalue weighted by molar-refractivity contribution is -0.0584. The predicted molar refractivity (Wildman–Crippen MR) is 79.8 cm³/mol. The number of nitrogens with zero attached hydrogens (tertiary/aromatic N) is 3. The molecule has 0 fully saturated rings. The molecule has 0 spiro atoms. The smallest absolute Gasteiger partial charge is 0.322 e. The molecule has 7 nitrogen and oxygen atoms in total. The largest absolute Gasteiger partial charge is 0.392 e. The third kappa shape index (κ3) is 2.08. The van der Waals surface area contributed by atoms with Gasteiger partial charge in [-0.25, -0.2) is 14.8 Å². The van der Waals surface area contributed by atoms with Gasteiger partial charge in [-0.05, 0) is 24.3 Å². The van der Waals surface area contributed by atoms with E-state index >= 15 is 0 Å². The van der Waals surface area contributed by atoms with E-state index in [1.807, 2.05) is 0 Å². The van der Waals surface area contributed by atoms with Crippen LogP contribution in [0.3, 0.4) is 0 Å². The Morgan fingerprint density at radius 2 is 1.74 bits per heavy atom. The number of rotatable bonds is 2. The number of aromatic nitrogens is 2. The molecule has 0 radical (unpaired) electrons. The van der Waals surface area contributed by atoms with E-state index < -0.39 is 17.8 Å². The van der Waals surface area contributed by atoms with Crippen molar-refractivity contribution in [2.75, 3.05) is 0 Å². The van der Waals surface area contributed by atoms with E-state index in [1.54, 1.807) is 30.5 Å². The molecule has 2 amide bonds. The summed E-state index contributed by atoms with van der Waals surface area (Å²) in [6, 6.07) is 9.68. The van der Waals surface area contributed by atoms with Crippen molar-refractivity contribution >= 4 is 39.5 Å². The second-order valence-corrected chi connectivity index (χ2v) is 5.65. The second-order valence-electron chi connectivity index (χ2n) is 4.68. The van der Waals surface area contributed by atoms with Gasteiger partial charge in [-0.3, -0.25) is 9.59 Å². The SMILES string of the molecule is O=C(ON1C(=O)c2ccccc2C1=O)c1nc2cccnc2s1. The van der Waals surface area contributed by atoms with Crippen LogP contribution in [-0.2, 0) is 4.84 Å². The van der Waals surface area contributed by atoms with Crippen molar-refractivity contribution in [1.29, 1.82) is 0 Å². The summed E-state index contributed by atoms with van der Waals surface area (Å²) in [6.45, 7) is 0. The van der Waals surface area contributed by atoms with Crippen LogP contribution in [0.25, 0.3) is 10.3 Å². The number of fused-ring (bicyclic) bond motifs is 2. The maximum absolute atomic E-state index is 12.2. The first kappa shape index (κ1) is 13.5. The van der Waals surface area contributed by atoms with Crippen LogP contribution >= 0.6 is 11.3 Å². The van der Waals surface area contributed by atoms with Gasteiger partial charge in [0.05, 0.1) is 11.1 Å². The van der Waals surface area contributed by atoms with Crippen LogP contribution in [0, 0.1) is 0 Å². The Hall–Kier alpha value is -3.13. The van der Waals surface area contributed by atoms with Crippen LogP contribution in [0.1, 0.15) is 30.5 Å². The first-order chi connectivity index (χ1) is 11.1. The van der Waals surface area contributed by atoms with E-state index in [1.165, 1.54) is 12.1 Å². The summed E-state index contributed by atoms with van der Waals surface area (Å²) in [7, 11) is 0. The van der Waals surface area contributed by atoms with Gasteiger partial charge < -0.3 is 4.84 Å². The molecule has 23 heavy (non-hydrogen) atoms. The lowest BCUT2D eigenvalue weighted by Gasteiger charge is -2.11. The number of carbonyl (C=O) groups is 3. The summed E-state index contributed by atoms with van der Waals surface area (Å²) in [4.78, 5) is 50.1. The summed E-state index contributed by atoms with van der Waals surface area (Å²) in [5, 5.41) is 0.488. The van der Waals surface area contributed by atoms with Crippen molar-refractivity contribution in [3.63, 3.8) is 0 Å². The lowest BCUT2D eigenvalue weighted by Crippen LogP contribution is -2.32. The molecular formula is C15H7N3O4S. The van der Waals surface area contributed by atoms with Gasteiger partial charge in [-0.15, -0.1) is 0 Å². The van der Waals surface area contributed by atoms with E-state index in [-0.39, 0.29) is 16.1 Å². The molecule has 2 aromatic heterocycles. The van der Waals surface area contributed by atoms with Gasteiger partial charge in [0, 0.05) is 6.20 Å². The fourth-order valence-corrected chi connectivity index (χ4v) is 3.01. The Kier molecular flexibility index (Phi) is 2.91. The van der Waals surface area contributed by atoms with Crippen molar-refractivity contribution in [1.82, 2.24) is 15.0 Å². The summed E-state index contributed by atoms with van der Waals surface area (Å²) >= 11 is 1.03. The van der Waals surface area contributed by atoms with Crippen LogP contribution in [0.15, 0.2) is 42.6 Å². The van der Waals surface area contributed by atoms with Crippen molar-refractivity contribution in [2.45, 2.75) is 0 Å². The zero-order valence-electron chi connectivity index (χ0n) is 11.4. The topological polar surface area (TPSA) is 89.5 Å². The summed E-state index contributed by atoms with van der Waals surface area (Å²) < 4.78 is 0. The molecular weight excluding hydrogens is 318 g/mol. The molecule has 0 N–H and O–H groups in total. The number of hydrogen-bond acceptors (Lipinski definition) is 7. The van der Waals surface area contributed by atoms with Gasteiger partial charge in [-0.1, -0.05) is 28.5 Å². The number of pyridine rings is 1. The molecule has 3 heterocycles. The quantitative estimate of drug-likeness (QED) is 0.670. The summed E-state index contributed by atoms with van der Waals surface area (Å²) in [5.74, 6) is -2.21. The highest BCUT2D eigenvalue weighted by molar-refractivity contribution is 7.19. The maximum atomic E-state index is 12.2. The van der Waals surface area contributed by atoms with Crippen LogP contribution in [0.4, 0.5) is 0 Å². The molecule has 0 saturated heterocycles. The van der Waals surface area contributed by atoms with E-state index in [0.717, 1.165) is 11.3 Å². The third-order valence-electron chi connectivity index (χ3n) is 3.27. The normalized spacial score (nSPS) is 13.5. The van der Waals surface area contributed by atoms with Crippen LogP contribution in [-0.4, -0.2) is 32.8 Å². The standard InChI is InChI=1S/C15H7N3O4S/c19-13-8-4-1-2-5-9(8)14(20)18(13)22-15(21)12-17-10-6-3-7-16-11(10)23-12/h1-7H. The molecule has 0 unspecified atom stereocenters. The number of benzene rings is 1. The average molecular weight is 325 g/mol. The third-order valence-corrected chi connectivity index (χ3v) is 4.23. The first-order valence-corrected chi connectivity index (χ1v) is 7.38. The summed E-state index contributed by atoms with van der Waals surface area (Å²) in [6.07, 6.45) is 1.58. The summed E-state index contributed by atoms with van der Waals surface area (Å²) in [5.41, 5.74) is 0.958. The highest BCUT2D eigenvalue weighted by Gasteiger charge is 2.39. The lowest BCUT2D eigenvalue weighted by atomic mass is 10.1. The minimum Gasteiger partial charge on any atom is -0.322 e. The van der Waals surface area contributed by atoms with E-state index in [0.29, 0.717) is 15.4 Å². The van der Waals surface area contributed by atoms with Crippen LogP contribution in [0.5, 0.6) is 0 Å². The molecule has 112 valence electrons. The van der Waals surface area contributed by atoms with Gasteiger partial charge in [0.15, 0.2) is 0 Å². The van der Waals surface area contributed by atoms with E-state index in [2.05, 4.69) is 9.97 Å². The van der Waals surface area contributed by atoms with E-state index in [9.17, 15) is 14.4 Å². The van der Waals surface area contributed by atoms with Gasteiger partial charge in [0.25, 0.3) is 11.8 Å². The van der Waals surface area contributed by atoms with Crippen molar-refractivity contribution in [3.8, 4) is 0 Å². The molecule has 4 rings (SSSR count). The minimum absolute atomic E-state index is 0.0234. The second kappa shape index (κ2) is 4.96. The minimum atomic E-state index is -0.873. The van der Waals surface area contributed by atoms with E-state index in [4.69, 9.17) is 4.84 Å². The van der Waals surface area contributed by atoms with Gasteiger partial charge in [0.1, 0.15) is 10.3 Å². The number of hydrogen-bond donors (Lipinski definition) is 0. The van der Waals surface area contributed by atoms with Crippen LogP contribution < -0.4 is 0 Å². The zero-order valence-corrected chi connectivity index (χ0v) is 12.2. The Balaban J connectivity index is 1.62. The Bertz CT molecular complexity index is 914. The molecule has 1 aromatic carbocycles. The Morgan fingerprint density at radius 1 is 1.04 bits per heavy atom. The highest BCUT2D eigenvalue weighted by Crippen LogP contribution is 2.25. The molecule has 0 atom stereocenters. The molecule has 0 saturated carbocycles. The fourth-order valence-electron chi connectivity index (χ4n) is 2.23. The molecule has 3 aromatic rings. The first-order valence-electron chi connectivity index (χ1n) is 6.57. The number of thiazole rings is 1. The molecule has 8 heteroatoms. The number of hydroxylamine groups is 2. The Morgan fingerprint density at radius 3 is 2.39 bits per heavy atom. The Labute approximate surface area is 133 Å². The molecule has 1 aliphatic rings. The maximum Gasteiger partial charge on any atom is 0.392 e. The predicted octanol–water partition coefficient (Wildman–Crippen LogP) is 2.06. The zero-order chi connectivity index (χ0) is 16.0. The number of carbonyl (C=O) groups excluding carboxylic acids is 3. The van der Waals surface area contributed by atoms with Crippen LogP contribution in [0.2, 0.25) is 0 Å². The van der Waals surface area contributed by atoms with Gasteiger partial charge >= 0.3 is 5.97 Å².